The van der Waals surface area contributed by atoms with Crippen molar-refractivity contribution in [3.8, 4) is 22.6 Å². The van der Waals surface area contributed by atoms with E-state index in [4.69, 9.17) is 10.5 Å². The third kappa shape index (κ3) is 3.40. The monoisotopic (exact) mass is 392 g/mol. The largest absolute Gasteiger partial charge is 0.494 e. The van der Waals surface area contributed by atoms with E-state index < -0.39 is 11.4 Å². The maximum absolute atomic E-state index is 14.2. The Morgan fingerprint density at radius 2 is 1.93 bits per heavy atom. The molecule has 0 saturated heterocycles. The topological polar surface area (TPSA) is 86.2 Å². The SMILES string of the molecule is COc1cc(N)c(-c2cccc(-n3cnc4nc(C(C)(C)O)ccc43)c2)cc1F. The number of nitrogens with two attached hydrogens (primary N) is 1. The molecule has 0 spiro atoms. The highest BCUT2D eigenvalue weighted by molar-refractivity contribution is 5.80. The molecule has 0 aliphatic heterocycles. The zero-order valence-corrected chi connectivity index (χ0v) is 16.3. The molecule has 0 unspecified atom stereocenters. The van der Waals surface area contributed by atoms with Gasteiger partial charge in [-0.3, -0.25) is 4.57 Å². The van der Waals surface area contributed by atoms with Gasteiger partial charge in [-0.2, -0.15) is 0 Å². The summed E-state index contributed by atoms with van der Waals surface area (Å²) in [7, 11) is 1.40. The molecule has 0 fully saturated rings. The third-order valence-electron chi connectivity index (χ3n) is 4.80. The lowest BCUT2D eigenvalue weighted by Crippen LogP contribution is -2.17. The summed E-state index contributed by atoms with van der Waals surface area (Å²) in [6, 6.07) is 14.1. The number of rotatable bonds is 4. The molecule has 3 N–H and O–H groups in total. The Morgan fingerprint density at radius 3 is 2.66 bits per heavy atom. The fraction of sp³-hybridized carbons (Fsp3) is 0.182. The molecule has 0 radical (unpaired) electrons. The molecule has 0 aliphatic carbocycles. The van der Waals surface area contributed by atoms with E-state index >= 15 is 0 Å². The van der Waals surface area contributed by atoms with Gasteiger partial charge in [-0.05, 0) is 49.7 Å². The molecule has 29 heavy (non-hydrogen) atoms. The van der Waals surface area contributed by atoms with Crippen LogP contribution < -0.4 is 10.5 Å². The standard InChI is InChI=1S/C22H21FN4O2/c1-22(2,28)20-8-7-18-21(26-20)25-12-27(18)14-6-4-5-13(9-14)15-10-16(23)19(29-3)11-17(15)24/h4-12,28H,24H2,1-3H3. The number of benzene rings is 2. The van der Waals surface area contributed by atoms with Crippen LogP contribution in [0.3, 0.4) is 0 Å². The molecule has 2 heterocycles. The number of methoxy groups -OCH3 is 1. The minimum Gasteiger partial charge on any atom is -0.494 e. The van der Waals surface area contributed by atoms with E-state index in [0.29, 0.717) is 22.6 Å². The molecular weight excluding hydrogens is 371 g/mol. The summed E-state index contributed by atoms with van der Waals surface area (Å²) in [6.45, 7) is 3.36. The van der Waals surface area contributed by atoms with E-state index in [1.807, 2.05) is 34.9 Å². The zero-order chi connectivity index (χ0) is 20.8. The van der Waals surface area contributed by atoms with Gasteiger partial charge in [0.25, 0.3) is 0 Å². The Hall–Kier alpha value is -3.45. The lowest BCUT2D eigenvalue weighted by atomic mass is 10.0. The summed E-state index contributed by atoms with van der Waals surface area (Å²) in [4.78, 5) is 8.82. The van der Waals surface area contributed by atoms with Gasteiger partial charge in [0.1, 0.15) is 11.9 Å². The van der Waals surface area contributed by atoms with Crippen LogP contribution in [0.1, 0.15) is 19.5 Å². The quantitative estimate of drug-likeness (QED) is 0.512. The van der Waals surface area contributed by atoms with E-state index in [2.05, 4.69) is 9.97 Å². The number of aliphatic hydroxyl groups is 1. The number of hydrogen-bond donors (Lipinski definition) is 2. The molecule has 4 rings (SSSR count). The number of halogens is 1. The third-order valence-corrected chi connectivity index (χ3v) is 4.80. The molecule has 0 aliphatic rings. The van der Waals surface area contributed by atoms with Gasteiger partial charge < -0.3 is 15.6 Å². The van der Waals surface area contributed by atoms with Gasteiger partial charge in [0.05, 0.1) is 18.3 Å². The number of anilines is 1. The Labute approximate surface area is 167 Å². The number of nitrogens with zero attached hydrogens (tertiary/aromatic N) is 3. The van der Waals surface area contributed by atoms with Crippen LogP contribution in [0.4, 0.5) is 10.1 Å². The second-order valence-electron chi connectivity index (χ2n) is 7.34. The number of nitrogen functional groups attached to an aromatic ring is 1. The highest BCUT2D eigenvalue weighted by atomic mass is 19.1. The Bertz CT molecular complexity index is 1210. The van der Waals surface area contributed by atoms with Crippen molar-refractivity contribution in [2.45, 2.75) is 19.4 Å². The number of ether oxygens (including phenoxy) is 1. The van der Waals surface area contributed by atoms with Crippen LogP contribution in [0.5, 0.6) is 5.75 Å². The van der Waals surface area contributed by atoms with E-state index in [9.17, 15) is 9.50 Å². The highest BCUT2D eigenvalue weighted by Gasteiger charge is 2.19. The van der Waals surface area contributed by atoms with Gasteiger partial charge in [0, 0.05) is 23.0 Å². The maximum Gasteiger partial charge on any atom is 0.178 e. The van der Waals surface area contributed by atoms with Gasteiger partial charge in [-0.1, -0.05) is 12.1 Å². The van der Waals surface area contributed by atoms with Crippen LogP contribution in [0.25, 0.3) is 28.0 Å². The molecule has 6 nitrogen and oxygen atoms in total. The first-order valence-corrected chi connectivity index (χ1v) is 9.08. The summed E-state index contributed by atoms with van der Waals surface area (Å²) in [5, 5.41) is 10.2. The molecule has 0 amide bonds. The van der Waals surface area contributed by atoms with Crippen molar-refractivity contribution in [3.05, 3.63) is 66.4 Å². The fourth-order valence-corrected chi connectivity index (χ4v) is 3.24. The Balaban J connectivity index is 1.80. The average molecular weight is 392 g/mol. The predicted octanol–water partition coefficient (Wildman–Crippen LogP) is 4.04. The molecular formula is C22H21FN4O2. The van der Waals surface area contributed by atoms with Crippen LogP contribution in [0, 0.1) is 5.82 Å². The minimum atomic E-state index is -1.05. The van der Waals surface area contributed by atoms with Crippen molar-refractivity contribution in [2.75, 3.05) is 12.8 Å². The molecule has 2 aromatic carbocycles. The van der Waals surface area contributed by atoms with E-state index in [-0.39, 0.29) is 5.75 Å². The van der Waals surface area contributed by atoms with Crippen LogP contribution in [0.15, 0.2) is 54.9 Å². The highest BCUT2D eigenvalue weighted by Crippen LogP contribution is 2.33. The second-order valence-corrected chi connectivity index (χ2v) is 7.34. The summed E-state index contributed by atoms with van der Waals surface area (Å²) in [5.74, 6) is -0.366. The minimum absolute atomic E-state index is 0.108. The van der Waals surface area contributed by atoms with Crippen LogP contribution in [-0.4, -0.2) is 26.8 Å². The summed E-state index contributed by atoms with van der Waals surface area (Å²) in [6.07, 6.45) is 1.67. The van der Waals surface area contributed by atoms with Gasteiger partial charge in [-0.25, -0.2) is 14.4 Å². The van der Waals surface area contributed by atoms with Gasteiger partial charge in [-0.15, -0.1) is 0 Å². The molecule has 0 saturated carbocycles. The molecule has 0 atom stereocenters. The number of pyridine rings is 1. The normalized spacial score (nSPS) is 11.8. The average Bonchev–Trinajstić information content (AvgIpc) is 3.12. The smallest absolute Gasteiger partial charge is 0.178 e. The molecule has 7 heteroatoms. The maximum atomic E-state index is 14.2. The first kappa shape index (κ1) is 18.9. The van der Waals surface area contributed by atoms with E-state index in [1.54, 1.807) is 26.2 Å². The van der Waals surface area contributed by atoms with Crippen LogP contribution in [0.2, 0.25) is 0 Å². The Kier molecular flexibility index (Phi) is 4.47. The van der Waals surface area contributed by atoms with Gasteiger partial charge in [0.2, 0.25) is 0 Å². The number of aromatic nitrogens is 3. The molecule has 0 bridgehead atoms. The van der Waals surface area contributed by atoms with Crippen LogP contribution in [-0.2, 0) is 5.60 Å². The number of fused-ring (bicyclic) bond motifs is 1. The number of hydrogen-bond acceptors (Lipinski definition) is 5. The molecule has 2 aromatic heterocycles. The summed E-state index contributed by atoms with van der Waals surface area (Å²) < 4.78 is 21.1. The molecule has 148 valence electrons. The van der Waals surface area contributed by atoms with Crippen molar-refractivity contribution in [1.29, 1.82) is 0 Å². The van der Waals surface area contributed by atoms with E-state index in [0.717, 1.165) is 16.8 Å². The fourth-order valence-electron chi connectivity index (χ4n) is 3.24. The summed E-state index contributed by atoms with van der Waals surface area (Å²) >= 11 is 0. The van der Waals surface area contributed by atoms with Crippen molar-refractivity contribution in [3.63, 3.8) is 0 Å². The number of imidazole rings is 1. The second kappa shape index (κ2) is 6.86. The summed E-state index contributed by atoms with van der Waals surface area (Å²) in [5.41, 5.74) is 9.55. The lowest BCUT2D eigenvalue weighted by Gasteiger charge is -2.16. The van der Waals surface area contributed by atoms with Crippen molar-refractivity contribution < 1.29 is 14.2 Å². The predicted molar refractivity (Wildman–Crippen MR) is 110 cm³/mol. The van der Waals surface area contributed by atoms with Crippen molar-refractivity contribution >= 4 is 16.9 Å². The van der Waals surface area contributed by atoms with Crippen molar-refractivity contribution in [1.82, 2.24) is 14.5 Å². The Morgan fingerprint density at radius 1 is 1.14 bits per heavy atom. The molecule has 4 aromatic rings. The van der Waals surface area contributed by atoms with Gasteiger partial charge >= 0.3 is 0 Å². The lowest BCUT2D eigenvalue weighted by molar-refractivity contribution is 0.0742. The van der Waals surface area contributed by atoms with Gasteiger partial charge in [0.15, 0.2) is 17.2 Å². The van der Waals surface area contributed by atoms with Crippen molar-refractivity contribution in [2.24, 2.45) is 0 Å². The zero-order valence-electron chi connectivity index (χ0n) is 16.3. The first-order chi connectivity index (χ1) is 13.8. The first-order valence-electron chi connectivity index (χ1n) is 9.08. The van der Waals surface area contributed by atoms with E-state index in [1.165, 1.54) is 19.2 Å². The van der Waals surface area contributed by atoms with Crippen LogP contribution >= 0.6 is 0 Å².